The van der Waals surface area contributed by atoms with Crippen molar-refractivity contribution in [2.75, 3.05) is 12.3 Å². The van der Waals surface area contributed by atoms with Crippen LogP contribution in [0.2, 0.25) is 0 Å². The number of piperidine rings is 1. The van der Waals surface area contributed by atoms with Crippen LogP contribution in [0.5, 0.6) is 0 Å². The highest BCUT2D eigenvalue weighted by Crippen LogP contribution is 2.21. The Morgan fingerprint density at radius 2 is 1.96 bits per heavy atom. The standard InChI is InChI=1S/C15H28N2O5S/c1-3-5-8-12(15(19)20)16-14(18)13-9-6-7-10-17(13)23(21,22)11-4-2/h12-13H,3-11H2,1-2H3,(H,16,18)(H,19,20)/t12-,13?/m0/s1. The molecule has 2 N–H and O–H groups in total. The summed E-state index contributed by atoms with van der Waals surface area (Å²) in [5, 5.41) is 11.7. The van der Waals surface area contributed by atoms with Crippen molar-refractivity contribution in [1.82, 2.24) is 9.62 Å². The molecule has 0 bridgehead atoms. The van der Waals surface area contributed by atoms with E-state index < -0.39 is 34.0 Å². The van der Waals surface area contributed by atoms with Crippen molar-refractivity contribution < 1.29 is 23.1 Å². The van der Waals surface area contributed by atoms with E-state index in [1.54, 1.807) is 6.92 Å². The number of carboxylic acid groups (broad SMARTS) is 1. The quantitative estimate of drug-likeness (QED) is 0.654. The minimum atomic E-state index is -3.48. The lowest BCUT2D eigenvalue weighted by atomic mass is 10.0. The second-order valence-electron chi connectivity index (χ2n) is 5.98. The molecule has 1 heterocycles. The zero-order valence-corrected chi connectivity index (χ0v) is 14.8. The normalized spacial score (nSPS) is 20.9. The molecule has 0 radical (unpaired) electrons. The van der Waals surface area contributed by atoms with E-state index in [0.29, 0.717) is 32.2 Å². The molecule has 2 atom stereocenters. The van der Waals surface area contributed by atoms with Gasteiger partial charge in [-0.05, 0) is 25.7 Å². The predicted molar refractivity (Wildman–Crippen MR) is 87.5 cm³/mol. The number of carbonyl (C=O) groups is 2. The molecule has 7 nitrogen and oxygen atoms in total. The number of hydrogen-bond donors (Lipinski definition) is 2. The third-order valence-corrected chi connectivity index (χ3v) is 6.11. The van der Waals surface area contributed by atoms with Crippen LogP contribution in [0, 0.1) is 0 Å². The largest absolute Gasteiger partial charge is 0.480 e. The van der Waals surface area contributed by atoms with Crippen molar-refractivity contribution in [3.8, 4) is 0 Å². The number of unbranched alkanes of at least 4 members (excludes halogenated alkanes) is 1. The van der Waals surface area contributed by atoms with Gasteiger partial charge in [-0.25, -0.2) is 13.2 Å². The van der Waals surface area contributed by atoms with E-state index >= 15 is 0 Å². The highest BCUT2D eigenvalue weighted by molar-refractivity contribution is 7.89. The van der Waals surface area contributed by atoms with Gasteiger partial charge in [0.25, 0.3) is 0 Å². The van der Waals surface area contributed by atoms with Crippen molar-refractivity contribution in [3.63, 3.8) is 0 Å². The lowest BCUT2D eigenvalue weighted by Crippen LogP contribution is -2.55. The van der Waals surface area contributed by atoms with Crippen LogP contribution >= 0.6 is 0 Å². The average molecular weight is 348 g/mol. The Hall–Kier alpha value is -1.15. The highest BCUT2D eigenvalue weighted by atomic mass is 32.2. The molecule has 1 aliphatic rings. The van der Waals surface area contributed by atoms with Gasteiger partial charge in [-0.2, -0.15) is 4.31 Å². The summed E-state index contributed by atoms with van der Waals surface area (Å²) in [5.74, 6) is -1.56. The van der Waals surface area contributed by atoms with E-state index in [9.17, 15) is 23.1 Å². The number of hydrogen-bond acceptors (Lipinski definition) is 4. The van der Waals surface area contributed by atoms with E-state index in [1.165, 1.54) is 4.31 Å². The first kappa shape index (κ1) is 19.9. The predicted octanol–water partition coefficient (Wildman–Crippen LogP) is 1.34. The molecule has 0 aliphatic carbocycles. The van der Waals surface area contributed by atoms with Gasteiger partial charge in [0.2, 0.25) is 15.9 Å². The SMILES string of the molecule is CCCC[C@H](NC(=O)C1CCCCN1S(=O)(=O)CCC)C(=O)O. The van der Waals surface area contributed by atoms with Gasteiger partial charge in [-0.3, -0.25) is 4.79 Å². The number of aliphatic carboxylic acids is 1. The third-order valence-electron chi connectivity index (χ3n) is 4.04. The maximum absolute atomic E-state index is 12.5. The molecule has 1 amide bonds. The lowest BCUT2D eigenvalue weighted by molar-refractivity contribution is -0.142. The number of amides is 1. The Bertz CT molecular complexity index is 506. The first-order valence-electron chi connectivity index (χ1n) is 8.36. The summed E-state index contributed by atoms with van der Waals surface area (Å²) < 4.78 is 25.9. The summed E-state index contributed by atoms with van der Waals surface area (Å²) in [6, 6.07) is -1.75. The van der Waals surface area contributed by atoms with Gasteiger partial charge < -0.3 is 10.4 Å². The smallest absolute Gasteiger partial charge is 0.326 e. The van der Waals surface area contributed by atoms with E-state index in [0.717, 1.165) is 19.3 Å². The van der Waals surface area contributed by atoms with Crippen LogP contribution in [-0.2, 0) is 19.6 Å². The fourth-order valence-corrected chi connectivity index (χ4v) is 4.56. The molecule has 0 saturated carbocycles. The Labute approximate surface area is 138 Å². The number of rotatable bonds is 9. The van der Waals surface area contributed by atoms with Gasteiger partial charge in [0.1, 0.15) is 12.1 Å². The second kappa shape index (κ2) is 9.22. The van der Waals surface area contributed by atoms with E-state index in [4.69, 9.17) is 0 Å². The maximum atomic E-state index is 12.5. The van der Waals surface area contributed by atoms with Crippen LogP contribution in [0.25, 0.3) is 0 Å². The van der Waals surface area contributed by atoms with Crippen molar-refractivity contribution in [2.24, 2.45) is 0 Å². The first-order chi connectivity index (χ1) is 10.8. The van der Waals surface area contributed by atoms with Crippen LogP contribution in [0.3, 0.4) is 0 Å². The summed E-state index contributed by atoms with van der Waals surface area (Å²) in [6.45, 7) is 4.05. The highest BCUT2D eigenvalue weighted by Gasteiger charge is 2.37. The van der Waals surface area contributed by atoms with Crippen LogP contribution in [-0.4, -0.2) is 54.1 Å². The summed E-state index contributed by atoms with van der Waals surface area (Å²) in [5.41, 5.74) is 0. The molecule has 1 saturated heterocycles. The van der Waals surface area contributed by atoms with E-state index in [1.807, 2.05) is 6.92 Å². The third kappa shape index (κ3) is 5.76. The molecule has 1 fully saturated rings. The van der Waals surface area contributed by atoms with Crippen LogP contribution in [0.4, 0.5) is 0 Å². The summed E-state index contributed by atoms with van der Waals surface area (Å²) in [4.78, 5) is 23.7. The summed E-state index contributed by atoms with van der Waals surface area (Å²) in [6.07, 6.45) is 4.30. The van der Waals surface area contributed by atoms with E-state index in [-0.39, 0.29) is 5.75 Å². The zero-order valence-electron chi connectivity index (χ0n) is 14.0. The zero-order chi connectivity index (χ0) is 17.5. The minimum absolute atomic E-state index is 0.00890. The van der Waals surface area contributed by atoms with Crippen molar-refractivity contribution in [1.29, 1.82) is 0 Å². The first-order valence-corrected chi connectivity index (χ1v) is 9.97. The topological polar surface area (TPSA) is 104 Å². The fourth-order valence-electron chi connectivity index (χ4n) is 2.81. The van der Waals surface area contributed by atoms with Crippen LogP contribution in [0.15, 0.2) is 0 Å². The summed E-state index contributed by atoms with van der Waals surface area (Å²) >= 11 is 0. The summed E-state index contributed by atoms with van der Waals surface area (Å²) in [7, 11) is -3.48. The molecule has 1 unspecified atom stereocenters. The molecular formula is C15H28N2O5S. The van der Waals surface area contributed by atoms with Crippen LogP contribution < -0.4 is 5.32 Å². The number of nitrogens with zero attached hydrogens (tertiary/aromatic N) is 1. The average Bonchev–Trinajstić information content (AvgIpc) is 2.50. The molecule has 0 aromatic heterocycles. The Morgan fingerprint density at radius 3 is 2.52 bits per heavy atom. The van der Waals surface area contributed by atoms with Crippen molar-refractivity contribution >= 4 is 21.9 Å². The number of carboxylic acids is 1. The van der Waals surface area contributed by atoms with Gasteiger partial charge in [0.15, 0.2) is 0 Å². The Kier molecular flexibility index (Phi) is 7.98. The van der Waals surface area contributed by atoms with Crippen LogP contribution in [0.1, 0.15) is 58.8 Å². The Balaban J connectivity index is 2.83. The molecule has 134 valence electrons. The maximum Gasteiger partial charge on any atom is 0.326 e. The molecule has 0 spiro atoms. The van der Waals surface area contributed by atoms with E-state index in [2.05, 4.69) is 5.32 Å². The van der Waals surface area contributed by atoms with Crippen molar-refractivity contribution in [3.05, 3.63) is 0 Å². The Morgan fingerprint density at radius 1 is 1.26 bits per heavy atom. The number of sulfonamides is 1. The van der Waals surface area contributed by atoms with Gasteiger partial charge in [0.05, 0.1) is 5.75 Å². The van der Waals surface area contributed by atoms with Crippen molar-refractivity contribution in [2.45, 2.75) is 70.9 Å². The monoisotopic (exact) mass is 348 g/mol. The minimum Gasteiger partial charge on any atom is -0.480 e. The molecule has 23 heavy (non-hydrogen) atoms. The van der Waals surface area contributed by atoms with Gasteiger partial charge in [0, 0.05) is 6.54 Å². The number of nitrogens with one attached hydrogen (secondary N) is 1. The molecule has 1 aliphatic heterocycles. The number of carbonyl (C=O) groups excluding carboxylic acids is 1. The molecular weight excluding hydrogens is 320 g/mol. The molecule has 0 aromatic rings. The van der Waals surface area contributed by atoms with Gasteiger partial charge >= 0.3 is 5.97 Å². The van der Waals surface area contributed by atoms with Gasteiger partial charge in [-0.1, -0.05) is 33.1 Å². The molecule has 1 rings (SSSR count). The lowest BCUT2D eigenvalue weighted by Gasteiger charge is -2.34. The fraction of sp³-hybridized carbons (Fsp3) is 0.867. The molecule has 0 aromatic carbocycles. The second-order valence-corrected chi connectivity index (χ2v) is 8.02. The van der Waals surface area contributed by atoms with Gasteiger partial charge in [-0.15, -0.1) is 0 Å². The molecule has 8 heteroatoms.